The van der Waals surface area contributed by atoms with E-state index in [0.717, 1.165) is 28.9 Å². The fourth-order valence-electron chi connectivity index (χ4n) is 4.23. The summed E-state index contributed by atoms with van der Waals surface area (Å²) in [6.07, 6.45) is 3.49. The normalized spacial score (nSPS) is 12.8. The number of anilines is 2. The number of benzene rings is 2. The fraction of sp³-hybridized carbons (Fsp3) is 0.308. The maximum Gasteiger partial charge on any atom is 0.194 e. The van der Waals surface area contributed by atoms with Crippen molar-refractivity contribution in [1.29, 1.82) is 0 Å². The van der Waals surface area contributed by atoms with Crippen LogP contribution in [0.25, 0.3) is 0 Å². The molecule has 0 spiro atoms. The molecule has 2 aromatic carbocycles. The molecule has 0 saturated carbocycles. The van der Waals surface area contributed by atoms with Crippen LogP contribution in [0.5, 0.6) is 0 Å². The van der Waals surface area contributed by atoms with Crippen LogP contribution in [0.15, 0.2) is 48.7 Å². The Balaban J connectivity index is 1.50. The first-order chi connectivity index (χ1) is 16.5. The van der Waals surface area contributed by atoms with Crippen LogP contribution in [0, 0.1) is 17.5 Å². The number of aromatic nitrogens is 1. The molecular weight excluding hydrogens is 445 g/mol. The van der Waals surface area contributed by atoms with Gasteiger partial charge in [-0.3, -0.25) is 4.79 Å². The molecule has 0 atom stereocenters. The summed E-state index contributed by atoms with van der Waals surface area (Å²) in [5.74, 6) is -3.18. The van der Waals surface area contributed by atoms with Gasteiger partial charge in [-0.1, -0.05) is 12.1 Å². The molecule has 5 nitrogen and oxygen atoms in total. The summed E-state index contributed by atoms with van der Waals surface area (Å²) in [5.41, 5.74) is 3.67. The molecule has 3 aromatic rings. The number of Topliss-reactive ketones (excluding diaryl/α,β-unsaturated/α-hetero) is 1. The molecule has 1 aliphatic rings. The number of ketones is 1. The first-order valence-corrected chi connectivity index (χ1v) is 11.2. The van der Waals surface area contributed by atoms with Crippen LogP contribution in [0.4, 0.5) is 24.7 Å². The van der Waals surface area contributed by atoms with E-state index in [2.05, 4.69) is 4.98 Å². The Hall–Kier alpha value is -3.23. The highest BCUT2D eigenvalue weighted by Gasteiger charge is 2.26. The van der Waals surface area contributed by atoms with Crippen LogP contribution in [0.1, 0.15) is 39.9 Å². The molecule has 34 heavy (non-hydrogen) atoms. The Labute approximate surface area is 195 Å². The smallest absolute Gasteiger partial charge is 0.194 e. The van der Waals surface area contributed by atoms with Gasteiger partial charge in [-0.25, -0.2) is 18.2 Å². The van der Waals surface area contributed by atoms with Crippen LogP contribution >= 0.6 is 0 Å². The van der Waals surface area contributed by atoms with Gasteiger partial charge < -0.3 is 14.7 Å². The van der Waals surface area contributed by atoms with Gasteiger partial charge in [0.25, 0.3) is 0 Å². The SMILES string of the molecule is O=C(CCCOCCO)c1cccc2c1CCN2c1cc(Cc2cc(F)c(F)c(F)c2)ccn1. The van der Waals surface area contributed by atoms with E-state index in [0.29, 0.717) is 49.4 Å². The van der Waals surface area contributed by atoms with Crippen LogP contribution < -0.4 is 4.90 Å². The van der Waals surface area contributed by atoms with Crippen LogP contribution in [0.2, 0.25) is 0 Å². The third-order valence-electron chi connectivity index (χ3n) is 5.79. The van der Waals surface area contributed by atoms with E-state index in [1.807, 2.05) is 29.2 Å². The zero-order chi connectivity index (χ0) is 24.1. The van der Waals surface area contributed by atoms with Crippen molar-refractivity contribution in [3.63, 3.8) is 0 Å². The third kappa shape index (κ3) is 5.29. The first kappa shape index (κ1) is 23.9. The third-order valence-corrected chi connectivity index (χ3v) is 5.79. The number of hydrogen-bond acceptors (Lipinski definition) is 5. The number of pyridine rings is 1. The summed E-state index contributed by atoms with van der Waals surface area (Å²) < 4.78 is 45.7. The molecule has 2 heterocycles. The van der Waals surface area contributed by atoms with Crippen molar-refractivity contribution < 1.29 is 27.8 Å². The molecule has 0 unspecified atom stereocenters. The standard InChI is InChI=1S/C26H25F3N2O3/c27-21-14-18(15-22(28)26(21)29)13-17-6-8-30-25(16-17)31-9-7-19-20(3-1-4-23(19)31)24(33)5-2-11-34-12-10-32/h1,3-4,6,8,14-16,32H,2,5,7,9-13H2. The van der Waals surface area contributed by atoms with Gasteiger partial charge in [-0.05, 0) is 66.3 Å². The zero-order valence-electron chi connectivity index (χ0n) is 18.6. The molecule has 1 N–H and O–H groups in total. The molecular formula is C26H25F3N2O3. The molecule has 1 aliphatic heterocycles. The van der Waals surface area contributed by atoms with Gasteiger partial charge in [-0.2, -0.15) is 0 Å². The topological polar surface area (TPSA) is 62.7 Å². The van der Waals surface area contributed by atoms with Gasteiger partial charge in [0.15, 0.2) is 23.2 Å². The van der Waals surface area contributed by atoms with Gasteiger partial charge in [-0.15, -0.1) is 0 Å². The number of aliphatic hydroxyl groups excluding tert-OH is 1. The minimum Gasteiger partial charge on any atom is -0.394 e. The van der Waals surface area contributed by atoms with Crippen LogP contribution in [0.3, 0.4) is 0 Å². The number of fused-ring (bicyclic) bond motifs is 1. The Morgan fingerprint density at radius 2 is 1.85 bits per heavy atom. The Bertz CT molecular complexity index is 1160. The summed E-state index contributed by atoms with van der Waals surface area (Å²) in [4.78, 5) is 19.3. The quantitative estimate of drug-likeness (QED) is 0.263. The lowest BCUT2D eigenvalue weighted by atomic mass is 9.99. The van der Waals surface area contributed by atoms with Crippen molar-refractivity contribution in [3.05, 3.63) is 88.4 Å². The maximum absolute atomic E-state index is 13.6. The molecule has 8 heteroatoms. The van der Waals surface area contributed by atoms with Gasteiger partial charge in [0.05, 0.1) is 13.2 Å². The zero-order valence-corrected chi connectivity index (χ0v) is 18.6. The molecule has 4 rings (SSSR count). The van der Waals surface area contributed by atoms with E-state index in [1.54, 1.807) is 12.3 Å². The number of rotatable bonds is 10. The predicted molar refractivity (Wildman–Crippen MR) is 122 cm³/mol. The minimum atomic E-state index is -1.48. The average Bonchev–Trinajstić information content (AvgIpc) is 3.27. The Morgan fingerprint density at radius 3 is 2.62 bits per heavy atom. The van der Waals surface area contributed by atoms with E-state index >= 15 is 0 Å². The number of ether oxygens (including phenoxy) is 1. The van der Waals surface area contributed by atoms with Crippen molar-refractivity contribution in [2.24, 2.45) is 0 Å². The molecule has 178 valence electrons. The summed E-state index contributed by atoms with van der Waals surface area (Å²) >= 11 is 0. The monoisotopic (exact) mass is 470 g/mol. The molecule has 0 radical (unpaired) electrons. The largest absolute Gasteiger partial charge is 0.394 e. The predicted octanol–water partition coefficient (Wildman–Crippen LogP) is 4.76. The fourth-order valence-corrected chi connectivity index (χ4v) is 4.23. The van der Waals surface area contributed by atoms with Gasteiger partial charge >= 0.3 is 0 Å². The van der Waals surface area contributed by atoms with Crippen LogP contribution in [-0.2, 0) is 17.6 Å². The second kappa shape index (κ2) is 10.8. The minimum absolute atomic E-state index is 0.0388. The Kier molecular flexibility index (Phi) is 7.59. The second-order valence-corrected chi connectivity index (χ2v) is 8.14. The molecule has 0 fully saturated rings. The van der Waals surface area contributed by atoms with Crippen molar-refractivity contribution in [2.45, 2.75) is 25.7 Å². The molecule has 0 saturated heterocycles. The highest BCUT2D eigenvalue weighted by atomic mass is 19.2. The molecule has 0 amide bonds. The number of halogens is 3. The van der Waals surface area contributed by atoms with Gasteiger partial charge in [0.1, 0.15) is 5.82 Å². The number of hydrogen-bond donors (Lipinski definition) is 1. The summed E-state index contributed by atoms with van der Waals surface area (Å²) in [6, 6.07) is 11.2. The lowest BCUT2D eigenvalue weighted by Crippen LogP contribution is -2.15. The van der Waals surface area contributed by atoms with Crippen molar-refractivity contribution >= 4 is 17.3 Å². The number of carbonyl (C=O) groups is 1. The van der Waals surface area contributed by atoms with E-state index in [1.165, 1.54) is 0 Å². The lowest BCUT2D eigenvalue weighted by Gasteiger charge is -2.19. The number of nitrogens with zero attached hydrogens (tertiary/aromatic N) is 2. The second-order valence-electron chi connectivity index (χ2n) is 8.14. The van der Waals surface area contributed by atoms with E-state index in [-0.39, 0.29) is 25.4 Å². The summed E-state index contributed by atoms with van der Waals surface area (Å²) in [5, 5.41) is 8.75. The van der Waals surface area contributed by atoms with E-state index in [4.69, 9.17) is 9.84 Å². The van der Waals surface area contributed by atoms with E-state index < -0.39 is 17.5 Å². The summed E-state index contributed by atoms with van der Waals surface area (Å²) in [6.45, 7) is 1.30. The van der Waals surface area contributed by atoms with Gasteiger partial charge in [0, 0.05) is 37.0 Å². The van der Waals surface area contributed by atoms with Gasteiger partial charge in [0.2, 0.25) is 0 Å². The lowest BCUT2D eigenvalue weighted by molar-refractivity contribution is 0.0832. The molecule has 0 aliphatic carbocycles. The number of aliphatic hydroxyl groups is 1. The first-order valence-electron chi connectivity index (χ1n) is 11.2. The highest BCUT2D eigenvalue weighted by Crippen LogP contribution is 2.36. The van der Waals surface area contributed by atoms with E-state index in [9.17, 15) is 18.0 Å². The van der Waals surface area contributed by atoms with Crippen molar-refractivity contribution in [2.75, 3.05) is 31.3 Å². The van der Waals surface area contributed by atoms with Crippen molar-refractivity contribution in [3.8, 4) is 0 Å². The Morgan fingerprint density at radius 1 is 1.06 bits per heavy atom. The van der Waals surface area contributed by atoms with Crippen molar-refractivity contribution in [1.82, 2.24) is 4.98 Å². The average molecular weight is 470 g/mol. The summed E-state index contributed by atoms with van der Waals surface area (Å²) in [7, 11) is 0. The molecule has 0 bridgehead atoms. The number of carbonyl (C=O) groups excluding carboxylic acids is 1. The highest BCUT2D eigenvalue weighted by molar-refractivity contribution is 5.99. The molecule has 1 aromatic heterocycles. The van der Waals surface area contributed by atoms with Crippen LogP contribution in [-0.4, -0.2) is 42.2 Å². The maximum atomic E-state index is 13.6.